The summed E-state index contributed by atoms with van der Waals surface area (Å²) >= 11 is 0. The molecule has 166 valence electrons. The van der Waals surface area contributed by atoms with Crippen LogP contribution in [0.15, 0.2) is 60.7 Å². The van der Waals surface area contributed by atoms with Gasteiger partial charge in [0.2, 0.25) is 0 Å². The van der Waals surface area contributed by atoms with Crippen molar-refractivity contribution in [2.24, 2.45) is 5.73 Å². The molecule has 3 rings (SSSR count). The lowest BCUT2D eigenvalue weighted by Gasteiger charge is -2.19. The van der Waals surface area contributed by atoms with Gasteiger partial charge in [-0.1, -0.05) is 18.2 Å². The van der Waals surface area contributed by atoms with Crippen LogP contribution in [0, 0.1) is 0 Å². The van der Waals surface area contributed by atoms with Crippen LogP contribution in [0.5, 0.6) is 0 Å². The number of alkyl halides is 3. The highest BCUT2D eigenvalue weighted by atomic mass is 19.4. The molecule has 0 atom stereocenters. The third kappa shape index (κ3) is 4.98. The van der Waals surface area contributed by atoms with Crippen LogP contribution in [-0.2, 0) is 12.7 Å². The van der Waals surface area contributed by atoms with Gasteiger partial charge in [0, 0.05) is 6.54 Å². The molecule has 3 aromatic carbocycles. The van der Waals surface area contributed by atoms with E-state index >= 15 is 0 Å². The molecule has 0 aliphatic heterocycles. The number of carboxylic acid groups (broad SMARTS) is 2. The molecule has 0 saturated heterocycles. The minimum Gasteiger partial charge on any atom is -0.478 e. The lowest BCUT2D eigenvalue weighted by molar-refractivity contribution is -0.137. The molecule has 0 fully saturated rings. The van der Waals surface area contributed by atoms with Gasteiger partial charge in [0.1, 0.15) is 0 Å². The lowest BCUT2D eigenvalue weighted by atomic mass is 10.1. The second-order valence-corrected chi connectivity index (χ2v) is 6.75. The maximum atomic E-state index is 13.3. The highest BCUT2D eigenvalue weighted by molar-refractivity contribution is 5.98. The maximum absolute atomic E-state index is 13.3. The molecule has 0 bridgehead atoms. The van der Waals surface area contributed by atoms with Crippen molar-refractivity contribution >= 4 is 34.7 Å². The Hall–Kier alpha value is -4.05. The summed E-state index contributed by atoms with van der Waals surface area (Å²) in [4.78, 5) is 23.1. The van der Waals surface area contributed by atoms with E-state index in [1.165, 1.54) is 30.3 Å². The highest BCUT2D eigenvalue weighted by Gasteiger charge is 2.31. The van der Waals surface area contributed by atoms with Crippen molar-refractivity contribution in [3.63, 3.8) is 0 Å². The van der Waals surface area contributed by atoms with Gasteiger partial charge in [-0.15, -0.1) is 0 Å². The summed E-state index contributed by atoms with van der Waals surface area (Å²) in [6, 6.07) is 13.0. The molecular weight excluding hydrogens is 427 g/mol. The summed E-state index contributed by atoms with van der Waals surface area (Å²) in [5.41, 5.74) is 5.06. The van der Waals surface area contributed by atoms with Gasteiger partial charge in [-0.25, -0.2) is 9.59 Å². The van der Waals surface area contributed by atoms with Gasteiger partial charge in [-0.05, 0) is 48.0 Å². The molecule has 0 unspecified atom stereocenters. The SMILES string of the molecule is NCc1ccc(Nc2cc(C(F)(F)F)ccc2Nc2ccccc2C(=O)O)c(C(=O)O)c1. The normalized spacial score (nSPS) is 11.1. The van der Waals surface area contributed by atoms with E-state index in [9.17, 15) is 33.0 Å². The smallest absolute Gasteiger partial charge is 0.416 e. The summed E-state index contributed by atoms with van der Waals surface area (Å²) in [6.07, 6.45) is -4.65. The molecular formula is C22H18F3N3O4. The van der Waals surface area contributed by atoms with Crippen molar-refractivity contribution in [2.75, 3.05) is 10.6 Å². The van der Waals surface area contributed by atoms with Crippen LogP contribution in [0.25, 0.3) is 0 Å². The van der Waals surface area contributed by atoms with Crippen molar-refractivity contribution in [3.8, 4) is 0 Å². The predicted molar refractivity (Wildman–Crippen MR) is 113 cm³/mol. The van der Waals surface area contributed by atoms with E-state index in [0.717, 1.165) is 18.2 Å². The van der Waals surface area contributed by atoms with E-state index < -0.39 is 23.7 Å². The molecule has 0 spiro atoms. The largest absolute Gasteiger partial charge is 0.478 e. The van der Waals surface area contributed by atoms with E-state index in [-0.39, 0.29) is 40.4 Å². The minimum absolute atomic E-state index is 0.0450. The third-order valence-electron chi connectivity index (χ3n) is 4.59. The Morgan fingerprint density at radius 2 is 1.38 bits per heavy atom. The van der Waals surface area contributed by atoms with Crippen molar-refractivity contribution in [2.45, 2.75) is 12.7 Å². The first-order valence-corrected chi connectivity index (χ1v) is 9.24. The fraction of sp³-hybridized carbons (Fsp3) is 0.0909. The number of carboxylic acids is 2. The average Bonchev–Trinajstić information content (AvgIpc) is 2.74. The number of anilines is 4. The van der Waals surface area contributed by atoms with Crippen LogP contribution in [0.2, 0.25) is 0 Å². The van der Waals surface area contributed by atoms with Crippen molar-refractivity contribution in [1.82, 2.24) is 0 Å². The quantitative estimate of drug-likeness (QED) is 0.345. The molecule has 32 heavy (non-hydrogen) atoms. The molecule has 0 aliphatic rings. The van der Waals surface area contributed by atoms with E-state index in [2.05, 4.69) is 10.6 Å². The zero-order valence-corrected chi connectivity index (χ0v) is 16.4. The fourth-order valence-electron chi connectivity index (χ4n) is 3.01. The Kier molecular flexibility index (Phi) is 6.35. The van der Waals surface area contributed by atoms with E-state index in [1.807, 2.05) is 0 Å². The first-order valence-electron chi connectivity index (χ1n) is 9.24. The Balaban J connectivity index is 2.10. The molecule has 3 aromatic rings. The van der Waals surface area contributed by atoms with Gasteiger partial charge in [-0.3, -0.25) is 0 Å². The molecule has 0 aliphatic carbocycles. The summed E-state index contributed by atoms with van der Waals surface area (Å²) in [5.74, 6) is -2.51. The van der Waals surface area contributed by atoms with Gasteiger partial charge in [0.25, 0.3) is 0 Å². The van der Waals surface area contributed by atoms with Gasteiger partial charge in [0.05, 0.1) is 39.4 Å². The number of nitrogens with two attached hydrogens (primary N) is 1. The predicted octanol–water partition coefficient (Wildman–Crippen LogP) is 5.05. The van der Waals surface area contributed by atoms with Crippen LogP contribution < -0.4 is 16.4 Å². The van der Waals surface area contributed by atoms with Crippen molar-refractivity contribution in [1.29, 1.82) is 0 Å². The van der Waals surface area contributed by atoms with Crippen LogP contribution >= 0.6 is 0 Å². The summed E-state index contributed by atoms with van der Waals surface area (Å²) in [7, 11) is 0. The Bertz CT molecular complexity index is 1180. The van der Waals surface area contributed by atoms with Crippen LogP contribution in [0.1, 0.15) is 31.8 Å². The Labute approximate surface area is 180 Å². The first-order chi connectivity index (χ1) is 15.1. The minimum atomic E-state index is -4.65. The topological polar surface area (TPSA) is 125 Å². The van der Waals surface area contributed by atoms with E-state index in [4.69, 9.17) is 5.73 Å². The summed E-state index contributed by atoms with van der Waals surface area (Å²) in [5, 5.41) is 24.4. The monoisotopic (exact) mass is 445 g/mol. The van der Waals surface area contributed by atoms with Crippen LogP contribution in [0.4, 0.5) is 35.9 Å². The number of aromatic carboxylic acids is 2. The molecule has 0 radical (unpaired) electrons. The van der Waals surface area contributed by atoms with Crippen molar-refractivity contribution < 1.29 is 33.0 Å². The lowest BCUT2D eigenvalue weighted by Crippen LogP contribution is -2.10. The number of carbonyl (C=O) groups is 2. The average molecular weight is 445 g/mol. The van der Waals surface area contributed by atoms with Gasteiger partial charge >= 0.3 is 18.1 Å². The standard InChI is InChI=1S/C22H18F3N3O4/c23-22(24,25)13-6-8-18(27-16-4-2-1-3-14(16)20(29)30)19(10-13)28-17-7-5-12(11-26)9-15(17)21(31)32/h1-10,27-28H,11,26H2,(H,29,30)(H,31,32). The molecule has 0 saturated carbocycles. The van der Waals surface area contributed by atoms with Crippen LogP contribution in [0.3, 0.4) is 0 Å². The van der Waals surface area contributed by atoms with Gasteiger partial charge < -0.3 is 26.6 Å². The zero-order valence-electron chi connectivity index (χ0n) is 16.4. The second-order valence-electron chi connectivity index (χ2n) is 6.75. The van der Waals surface area contributed by atoms with E-state index in [0.29, 0.717) is 5.56 Å². The first kappa shape index (κ1) is 22.6. The maximum Gasteiger partial charge on any atom is 0.416 e. The molecule has 6 N–H and O–H groups in total. The number of hydrogen-bond acceptors (Lipinski definition) is 5. The number of rotatable bonds is 7. The molecule has 0 heterocycles. The molecule has 7 nitrogen and oxygen atoms in total. The Morgan fingerprint density at radius 3 is 2.00 bits per heavy atom. The second kappa shape index (κ2) is 8.98. The number of hydrogen-bond donors (Lipinski definition) is 5. The van der Waals surface area contributed by atoms with Crippen molar-refractivity contribution in [3.05, 3.63) is 82.9 Å². The Morgan fingerprint density at radius 1 is 0.781 bits per heavy atom. The number of benzene rings is 3. The zero-order chi connectivity index (χ0) is 23.5. The molecule has 0 aromatic heterocycles. The van der Waals surface area contributed by atoms with Gasteiger partial charge in [-0.2, -0.15) is 13.2 Å². The summed E-state index contributed by atoms with van der Waals surface area (Å²) in [6.45, 7) is 0.0862. The van der Waals surface area contributed by atoms with E-state index in [1.54, 1.807) is 12.1 Å². The fourth-order valence-corrected chi connectivity index (χ4v) is 3.01. The number of nitrogens with one attached hydrogen (secondary N) is 2. The van der Waals surface area contributed by atoms with Crippen LogP contribution in [-0.4, -0.2) is 22.2 Å². The van der Waals surface area contributed by atoms with Gasteiger partial charge in [0.15, 0.2) is 0 Å². The number of halogens is 3. The molecule has 0 amide bonds. The highest BCUT2D eigenvalue weighted by Crippen LogP contribution is 2.37. The number of para-hydroxylation sites is 1. The third-order valence-corrected chi connectivity index (χ3v) is 4.59. The summed E-state index contributed by atoms with van der Waals surface area (Å²) < 4.78 is 39.9. The molecule has 10 heteroatoms.